The van der Waals surface area contributed by atoms with Crippen LogP contribution in [0.15, 0.2) is 54.6 Å². The quantitative estimate of drug-likeness (QED) is 0.430. The van der Waals surface area contributed by atoms with Gasteiger partial charge in [0.15, 0.2) is 0 Å². The molecule has 1 saturated heterocycles. The van der Waals surface area contributed by atoms with Crippen LogP contribution in [0.2, 0.25) is 0 Å². The fourth-order valence-corrected chi connectivity index (χ4v) is 5.52. The van der Waals surface area contributed by atoms with Gasteiger partial charge in [-0.2, -0.15) is 5.10 Å². The Balaban J connectivity index is 1.40. The van der Waals surface area contributed by atoms with Crippen molar-refractivity contribution in [3.8, 4) is 22.8 Å². The number of carbonyl (C=O) groups excluding carboxylic acids is 2. The largest absolute Gasteiger partial charge is 0.457 e. The number of carbonyl (C=O) groups is 2. The van der Waals surface area contributed by atoms with Crippen molar-refractivity contribution in [1.29, 1.82) is 0 Å². The number of para-hydroxylation sites is 1. The molecule has 0 bridgehead atoms. The third-order valence-electron chi connectivity index (χ3n) is 7.26. The maximum Gasteiger partial charge on any atom is 0.257 e. The second kappa shape index (κ2) is 11.3. The second-order valence-corrected chi connectivity index (χ2v) is 9.85. The highest BCUT2D eigenvalue weighted by Gasteiger charge is 2.36. The minimum Gasteiger partial charge on any atom is -0.457 e. The van der Waals surface area contributed by atoms with Crippen LogP contribution < -0.4 is 15.4 Å². The number of halogens is 1. The van der Waals surface area contributed by atoms with Crippen LogP contribution in [0, 0.1) is 5.92 Å². The molecule has 2 aliphatic heterocycles. The molecule has 8 nitrogen and oxygen atoms in total. The van der Waals surface area contributed by atoms with Gasteiger partial charge in [-0.1, -0.05) is 18.2 Å². The normalized spacial score (nSPS) is 17.6. The molecule has 2 N–H and O–H groups in total. The van der Waals surface area contributed by atoms with Gasteiger partial charge in [-0.15, -0.1) is 11.6 Å². The number of anilines is 1. The number of aromatic nitrogens is 2. The van der Waals surface area contributed by atoms with E-state index in [9.17, 15) is 9.59 Å². The van der Waals surface area contributed by atoms with E-state index in [1.54, 1.807) is 7.05 Å². The van der Waals surface area contributed by atoms with Crippen molar-refractivity contribution in [3.63, 3.8) is 0 Å². The van der Waals surface area contributed by atoms with E-state index < -0.39 is 0 Å². The van der Waals surface area contributed by atoms with E-state index in [-0.39, 0.29) is 17.9 Å². The van der Waals surface area contributed by atoms with Crippen LogP contribution in [0.5, 0.6) is 11.5 Å². The van der Waals surface area contributed by atoms with E-state index in [2.05, 4.69) is 10.6 Å². The zero-order valence-electron chi connectivity index (χ0n) is 21.0. The first-order chi connectivity index (χ1) is 18.1. The van der Waals surface area contributed by atoms with E-state index in [1.165, 1.54) is 0 Å². The van der Waals surface area contributed by atoms with E-state index in [0.717, 1.165) is 56.0 Å². The zero-order valence-corrected chi connectivity index (χ0v) is 21.7. The predicted octanol–water partition coefficient (Wildman–Crippen LogP) is 4.93. The highest BCUT2D eigenvalue weighted by Crippen LogP contribution is 2.40. The summed E-state index contributed by atoms with van der Waals surface area (Å²) in [6.07, 6.45) is 3.13. The highest BCUT2D eigenvalue weighted by molar-refractivity contribution is 6.18. The topological polar surface area (TPSA) is 88.5 Å². The molecule has 3 heterocycles. The average molecular weight is 522 g/mol. The molecule has 1 aromatic heterocycles. The molecule has 2 amide bonds. The Hall–Kier alpha value is -3.52. The molecule has 2 aromatic carbocycles. The molecule has 0 spiro atoms. The Morgan fingerprint density at radius 1 is 1.05 bits per heavy atom. The van der Waals surface area contributed by atoms with Gasteiger partial charge < -0.3 is 20.3 Å². The van der Waals surface area contributed by atoms with Crippen molar-refractivity contribution in [1.82, 2.24) is 20.0 Å². The summed E-state index contributed by atoms with van der Waals surface area (Å²) in [6.45, 7) is 2.24. The molecule has 0 aliphatic carbocycles. The molecule has 1 atom stereocenters. The molecule has 194 valence electrons. The third-order valence-corrected chi connectivity index (χ3v) is 7.45. The van der Waals surface area contributed by atoms with Gasteiger partial charge in [0, 0.05) is 44.5 Å². The van der Waals surface area contributed by atoms with E-state index >= 15 is 0 Å². The van der Waals surface area contributed by atoms with Crippen LogP contribution in [0.4, 0.5) is 5.82 Å². The van der Waals surface area contributed by atoms with E-state index in [4.69, 9.17) is 21.4 Å². The van der Waals surface area contributed by atoms with Crippen molar-refractivity contribution in [3.05, 3.63) is 60.2 Å². The Kier molecular flexibility index (Phi) is 7.65. The van der Waals surface area contributed by atoms with Crippen molar-refractivity contribution >= 4 is 29.2 Å². The van der Waals surface area contributed by atoms with E-state index in [1.807, 2.05) is 64.2 Å². The summed E-state index contributed by atoms with van der Waals surface area (Å²) in [4.78, 5) is 27.2. The lowest BCUT2D eigenvalue weighted by Gasteiger charge is -2.38. The Labute approximate surface area is 221 Å². The summed E-state index contributed by atoms with van der Waals surface area (Å²) in [6, 6.07) is 17.5. The first-order valence-electron chi connectivity index (χ1n) is 12.8. The molecule has 5 rings (SSSR count). The fraction of sp³-hybridized carbons (Fsp3) is 0.393. The van der Waals surface area contributed by atoms with Gasteiger partial charge in [-0.3, -0.25) is 9.59 Å². The monoisotopic (exact) mass is 521 g/mol. The zero-order chi connectivity index (χ0) is 25.8. The van der Waals surface area contributed by atoms with Gasteiger partial charge in [-0.25, -0.2) is 4.68 Å². The van der Waals surface area contributed by atoms with Gasteiger partial charge in [-0.05, 0) is 61.6 Å². The molecule has 1 fully saturated rings. The van der Waals surface area contributed by atoms with Crippen LogP contribution >= 0.6 is 11.6 Å². The van der Waals surface area contributed by atoms with Crippen molar-refractivity contribution in [2.45, 2.75) is 31.7 Å². The fourth-order valence-electron chi connectivity index (χ4n) is 5.36. The van der Waals surface area contributed by atoms with Crippen LogP contribution in [0.25, 0.3) is 11.3 Å². The summed E-state index contributed by atoms with van der Waals surface area (Å²) in [5.74, 6) is 2.93. The van der Waals surface area contributed by atoms with Crippen LogP contribution in [0.3, 0.4) is 0 Å². The molecular weight excluding hydrogens is 490 g/mol. The van der Waals surface area contributed by atoms with Crippen molar-refractivity contribution in [2.75, 3.05) is 37.9 Å². The van der Waals surface area contributed by atoms with E-state index in [0.29, 0.717) is 35.2 Å². The van der Waals surface area contributed by atoms with Gasteiger partial charge in [0.25, 0.3) is 5.91 Å². The molecular formula is C28H32ClN5O3. The number of nitrogens with zero attached hydrogens (tertiary/aromatic N) is 3. The first-order valence-corrected chi connectivity index (χ1v) is 13.4. The number of hydrogen-bond acceptors (Lipinski definition) is 5. The summed E-state index contributed by atoms with van der Waals surface area (Å²) in [5.41, 5.74) is 2.05. The molecule has 0 radical (unpaired) electrons. The van der Waals surface area contributed by atoms with Gasteiger partial charge >= 0.3 is 0 Å². The lowest BCUT2D eigenvalue weighted by molar-refractivity contribution is -0.132. The summed E-state index contributed by atoms with van der Waals surface area (Å²) in [7, 11) is 1.64. The SMILES string of the molecule is CNC(=O)c1c(-c2ccc(Oc3ccccc3)cc2)nn2c1NCCC2C1CCN(C(=O)CCCl)CC1. The number of benzene rings is 2. The van der Waals surface area contributed by atoms with Gasteiger partial charge in [0.2, 0.25) is 5.91 Å². The summed E-state index contributed by atoms with van der Waals surface area (Å²) < 4.78 is 7.95. The third kappa shape index (κ3) is 5.30. The molecule has 1 unspecified atom stereocenters. The summed E-state index contributed by atoms with van der Waals surface area (Å²) >= 11 is 5.77. The number of nitrogens with one attached hydrogen (secondary N) is 2. The minimum atomic E-state index is -0.171. The number of hydrogen-bond donors (Lipinski definition) is 2. The number of ether oxygens (including phenoxy) is 1. The molecule has 9 heteroatoms. The predicted molar refractivity (Wildman–Crippen MR) is 144 cm³/mol. The maximum atomic E-state index is 13.0. The van der Waals surface area contributed by atoms with Crippen LogP contribution in [-0.4, -0.2) is 59.1 Å². The highest BCUT2D eigenvalue weighted by atomic mass is 35.5. The number of fused-ring (bicyclic) bond motifs is 1. The standard InChI is InChI=1S/C28H32ClN5O3/c1-30-28(36)25-26(20-7-9-22(10-8-20)37-21-5-3-2-4-6-21)32-34-23(12-16-31-27(25)34)19-13-17-33(18-14-19)24(35)11-15-29/h2-10,19,23,31H,11-18H2,1H3,(H,30,36). The molecule has 3 aromatic rings. The summed E-state index contributed by atoms with van der Waals surface area (Å²) in [5, 5.41) is 11.2. The van der Waals surface area contributed by atoms with Crippen LogP contribution in [0.1, 0.15) is 42.1 Å². The Morgan fingerprint density at radius 3 is 2.43 bits per heavy atom. The maximum absolute atomic E-state index is 13.0. The number of rotatable bonds is 7. The number of amides is 2. The Morgan fingerprint density at radius 2 is 1.76 bits per heavy atom. The first kappa shape index (κ1) is 25.1. The Bertz CT molecular complexity index is 1240. The van der Waals surface area contributed by atoms with Gasteiger partial charge in [0.1, 0.15) is 28.6 Å². The average Bonchev–Trinajstić information content (AvgIpc) is 3.34. The lowest BCUT2D eigenvalue weighted by Crippen LogP contribution is -2.41. The number of alkyl halides is 1. The molecule has 37 heavy (non-hydrogen) atoms. The molecule has 0 saturated carbocycles. The number of piperidine rings is 1. The number of likely N-dealkylation sites (tertiary alicyclic amines) is 1. The van der Waals surface area contributed by atoms with Gasteiger partial charge in [0.05, 0.1) is 6.04 Å². The second-order valence-electron chi connectivity index (χ2n) is 9.48. The van der Waals surface area contributed by atoms with Crippen molar-refractivity contribution in [2.24, 2.45) is 5.92 Å². The van der Waals surface area contributed by atoms with Crippen LogP contribution in [-0.2, 0) is 4.79 Å². The lowest BCUT2D eigenvalue weighted by atomic mass is 9.86. The van der Waals surface area contributed by atoms with Crippen molar-refractivity contribution < 1.29 is 14.3 Å². The minimum absolute atomic E-state index is 0.127. The smallest absolute Gasteiger partial charge is 0.257 e. The molecule has 2 aliphatic rings.